The fourth-order valence-corrected chi connectivity index (χ4v) is 3.48. The molecule has 3 heteroatoms. The van der Waals surface area contributed by atoms with Gasteiger partial charge in [0, 0.05) is 10.8 Å². The van der Waals surface area contributed by atoms with Crippen LogP contribution in [-0.2, 0) is 0 Å². The molecule has 1 fully saturated rings. The van der Waals surface area contributed by atoms with Crippen molar-refractivity contribution >= 4 is 11.8 Å². The van der Waals surface area contributed by atoms with E-state index in [2.05, 4.69) is 31.0 Å². The van der Waals surface area contributed by atoms with E-state index in [9.17, 15) is 0 Å². The Morgan fingerprint density at radius 1 is 1.62 bits per heavy atom. The minimum Gasteiger partial charge on any atom is -0.271 e. The van der Waals surface area contributed by atoms with Gasteiger partial charge in [-0.1, -0.05) is 19.8 Å². The van der Waals surface area contributed by atoms with E-state index in [0.29, 0.717) is 10.8 Å². The number of rotatable bonds is 5. The van der Waals surface area contributed by atoms with Crippen molar-refractivity contribution in [2.75, 3.05) is 5.75 Å². The first-order valence-electron chi connectivity index (χ1n) is 5.33. The normalized spacial score (nSPS) is 30.7. The standard InChI is InChI=1S/C10H22N2S/c1-3-4-6-9(12-11)10(2)7-5-8-13-10/h9,12H,3-8,11H2,1-2H3. The maximum Gasteiger partial charge on any atom is 0.0354 e. The van der Waals surface area contributed by atoms with Crippen LogP contribution in [-0.4, -0.2) is 16.5 Å². The molecule has 0 aromatic heterocycles. The molecule has 0 radical (unpaired) electrons. The highest BCUT2D eigenvalue weighted by molar-refractivity contribution is 8.00. The fourth-order valence-electron chi connectivity index (χ4n) is 2.05. The Balaban J connectivity index is 2.43. The highest BCUT2D eigenvalue weighted by Crippen LogP contribution is 2.41. The third-order valence-corrected chi connectivity index (χ3v) is 4.67. The molecule has 0 aromatic carbocycles. The predicted molar refractivity (Wildman–Crippen MR) is 60.7 cm³/mol. The van der Waals surface area contributed by atoms with Gasteiger partial charge in [-0.05, 0) is 31.9 Å². The molecule has 78 valence electrons. The number of nitrogens with one attached hydrogen (secondary N) is 1. The van der Waals surface area contributed by atoms with Gasteiger partial charge in [0.2, 0.25) is 0 Å². The Labute approximate surface area is 86.0 Å². The Hall–Kier alpha value is 0.270. The van der Waals surface area contributed by atoms with Crippen LogP contribution in [0.4, 0.5) is 0 Å². The zero-order valence-corrected chi connectivity index (χ0v) is 9.62. The number of hydrogen-bond acceptors (Lipinski definition) is 3. The van der Waals surface area contributed by atoms with Crippen LogP contribution in [0.25, 0.3) is 0 Å². The molecule has 0 amide bonds. The van der Waals surface area contributed by atoms with Gasteiger partial charge in [-0.3, -0.25) is 11.3 Å². The van der Waals surface area contributed by atoms with Crippen molar-refractivity contribution in [3.8, 4) is 0 Å². The minimum atomic E-state index is 0.393. The van der Waals surface area contributed by atoms with E-state index in [0.717, 1.165) is 0 Å². The summed E-state index contributed by atoms with van der Waals surface area (Å²) in [5.41, 5.74) is 3.00. The first kappa shape index (κ1) is 11.3. The van der Waals surface area contributed by atoms with Crippen LogP contribution < -0.4 is 11.3 Å². The lowest BCUT2D eigenvalue weighted by Gasteiger charge is -2.32. The van der Waals surface area contributed by atoms with Gasteiger partial charge in [0.15, 0.2) is 0 Å². The second kappa shape index (κ2) is 5.23. The molecule has 2 unspecified atom stereocenters. The van der Waals surface area contributed by atoms with Crippen molar-refractivity contribution in [3.63, 3.8) is 0 Å². The third-order valence-electron chi connectivity index (χ3n) is 3.03. The Kier molecular flexibility index (Phi) is 4.56. The van der Waals surface area contributed by atoms with Crippen molar-refractivity contribution < 1.29 is 0 Å². The molecule has 1 saturated heterocycles. The van der Waals surface area contributed by atoms with Crippen molar-refractivity contribution in [2.45, 2.75) is 56.7 Å². The molecule has 0 aromatic rings. The largest absolute Gasteiger partial charge is 0.271 e. The molecule has 0 spiro atoms. The van der Waals surface area contributed by atoms with E-state index in [1.165, 1.54) is 37.9 Å². The summed E-state index contributed by atoms with van der Waals surface area (Å²) in [5.74, 6) is 6.92. The molecular weight excluding hydrogens is 180 g/mol. The maximum atomic E-state index is 5.62. The van der Waals surface area contributed by atoms with Gasteiger partial charge in [-0.15, -0.1) is 0 Å². The van der Waals surface area contributed by atoms with Gasteiger partial charge in [0.05, 0.1) is 0 Å². The SMILES string of the molecule is CCCCC(NN)C1(C)CCCS1. The van der Waals surface area contributed by atoms with Crippen LogP contribution in [0.1, 0.15) is 46.0 Å². The van der Waals surface area contributed by atoms with Gasteiger partial charge in [0.1, 0.15) is 0 Å². The molecule has 13 heavy (non-hydrogen) atoms. The van der Waals surface area contributed by atoms with E-state index in [4.69, 9.17) is 5.84 Å². The fraction of sp³-hybridized carbons (Fsp3) is 1.00. The van der Waals surface area contributed by atoms with Crippen molar-refractivity contribution in [1.82, 2.24) is 5.43 Å². The van der Waals surface area contributed by atoms with Gasteiger partial charge >= 0.3 is 0 Å². The number of unbranched alkanes of at least 4 members (excludes halogenated alkanes) is 1. The molecule has 2 nitrogen and oxygen atoms in total. The van der Waals surface area contributed by atoms with E-state index in [1.807, 2.05) is 0 Å². The maximum absolute atomic E-state index is 5.62. The van der Waals surface area contributed by atoms with Gasteiger partial charge in [-0.25, -0.2) is 0 Å². The Morgan fingerprint density at radius 2 is 2.38 bits per heavy atom. The lowest BCUT2D eigenvalue weighted by atomic mass is 9.92. The van der Waals surface area contributed by atoms with Crippen LogP contribution in [0.3, 0.4) is 0 Å². The van der Waals surface area contributed by atoms with E-state index in [-0.39, 0.29) is 0 Å². The average molecular weight is 202 g/mol. The summed E-state index contributed by atoms with van der Waals surface area (Å²) in [6, 6.07) is 0.500. The first-order chi connectivity index (χ1) is 6.23. The summed E-state index contributed by atoms with van der Waals surface area (Å²) in [4.78, 5) is 0. The van der Waals surface area contributed by atoms with Gasteiger partial charge in [-0.2, -0.15) is 11.8 Å². The van der Waals surface area contributed by atoms with Gasteiger partial charge in [0.25, 0.3) is 0 Å². The van der Waals surface area contributed by atoms with E-state index >= 15 is 0 Å². The molecule has 1 rings (SSSR count). The molecule has 3 N–H and O–H groups in total. The van der Waals surface area contributed by atoms with E-state index in [1.54, 1.807) is 0 Å². The molecule has 1 heterocycles. The summed E-state index contributed by atoms with van der Waals surface area (Å²) in [5, 5.41) is 0. The monoisotopic (exact) mass is 202 g/mol. The van der Waals surface area contributed by atoms with Crippen LogP contribution in [0.15, 0.2) is 0 Å². The third kappa shape index (κ3) is 2.86. The molecule has 0 bridgehead atoms. The van der Waals surface area contributed by atoms with Crippen LogP contribution in [0.5, 0.6) is 0 Å². The molecular formula is C10H22N2S. The summed E-state index contributed by atoms with van der Waals surface area (Å²) >= 11 is 2.09. The second-order valence-corrected chi connectivity index (χ2v) is 5.76. The zero-order chi connectivity index (χ0) is 9.73. The van der Waals surface area contributed by atoms with Crippen molar-refractivity contribution in [3.05, 3.63) is 0 Å². The second-order valence-electron chi connectivity index (χ2n) is 4.13. The highest BCUT2D eigenvalue weighted by atomic mass is 32.2. The predicted octanol–water partition coefficient (Wildman–Crippen LogP) is 2.29. The Bertz CT molecular complexity index is 144. The Morgan fingerprint density at radius 3 is 2.85 bits per heavy atom. The smallest absolute Gasteiger partial charge is 0.0354 e. The van der Waals surface area contributed by atoms with Crippen LogP contribution in [0.2, 0.25) is 0 Å². The van der Waals surface area contributed by atoms with E-state index < -0.39 is 0 Å². The summed E-state index contributed by atoms with van der Waals surface area (Å²) < 4.78 is 0.393. The lowest BCUT2D eigenvalue weighted by molar-refractivity contribution is 0.377. The number of hydrogen-bond donors (Lipinski definition) is 2. The minimum absolute atomic E-state index is 0.393. The lowest BCUT2D eigenvalue weighted by Crippen LogP contribution is -2.48. The molecule has 0 aliphatic carbocycles. The molecule has 0 saturated carbocycles. The molecule has 2 atom stereocenters. The molecule has 1 aliphatic heterocycles. The van der Waals surface area contributed by atoms with Crippen LogP contribution in [0, 0.1) is 0 Å². The quantitative estimate of drug-likeness (QED) is 0.530. The van der Waals surface area contributed by atoms with Crippen molar-refractivity contribution in [1.29, 1.82) is 0 Å². The summed E-state index contributed by atoms with van der Waals surface area (Å²) in [6.07, 6.45) is 6.43. The summed E-state index contributed by atoms with van der Waals surface area (Å²) in [6.45, 7) is 4.59. The van der Waals surface area contributed by atoms with Crippen molar-refractivity contribution in [2.24, 2.45) is 5.84 Å². The highest BCUT2D eigenvalue weighted by Gasteiger charge is 2.36. The number of nitrogens with two attached hydrogens (primary N) is 1. The topological polar surface area (TPSA) is 38.0 Å². The zero-order valence-electron chi connectivity index (χ0n) is 8.81. The molecule has 1 aliphatic rings. The number of hydrazine groups is 1. The van der Waals surface area contributed by atoms with Gasteiger partial charge < -0.3 is 0 Å². The van der Waals surface area contributed by atoms with Crippen LogP contribution >= 0.6 is 11.8 Å². The summed E-state index contributed by atoms with van der Waals surface area (Å²) in [7, 11) is 0. The first-order valence-corrected chi connectivity index (χ1v) is 6.31. The number of thioether (sulfide) groups is 1. The average Bonchev–Trinajstić information content (AvgIpc) is 2.54.